The van der Waals surface area contributed by atoms with Crippen molar-refractivity contribution >= 4 is 58.2 Å². The van der Waals surface area contributed by atoms with Crippen molar-refractivity contribution in [3.63, 3.8) is 0 Å². The summed E-state index contributed by atoms with van der Waals surface area (Å²) in [6.07, 6.45) is 4.26. The summed E-state index contributed by atoms with van der Waals surface area (Å²) in [7, 11) is 1.47. The highest BCUT2D eigenvalue weighted by atomic mass is 35.5. The first kappa shape index (κ1) is 25.7. The van der Waals surface area contributed by atoms with Crippen molar-refractivity contribution in [3.05, 3.63) is 95.1 Å². The summed E-state index contributed by atoms with van der Waals surface area (Å²) in [5.74, 6) is 0.844. The van der Waals surface area contributed by atoms with Crippen LogP contribution in [-0.4, -0.2) is 24.0 Å². The van der Waals surface area contributed by atoms with Crippen LogP contribution < -0.4 is 20.7 Å². The number of carbonyl (C=O) groups excluding carboxylic acids is 2. The normalized spacial score (nSPS) is 10.8. The molecular weight excluding hydrogens is 514 g/mol. The van der Waals surface area contributed by atoms with Crippen LogP contribution in [0.5, 0.6) is 5.75 Å². The second-order valence-corrected chi connectivity index (χ2v) is 8.60. The van der Waals surface area contributed by atoms with Crippen molar-refractivity contribution in [3.8, 4) is 17.1 Å². The summed E-state index contributed by atoms with van der Waals surface area (Å²) in [5, 5.41) is 8.92. The largest absolute Gasteiger partial charge is 0.494 e. The first-order valence-electron chi connectivity index (χ1n) is 11.0. The molecule has 0 radical (unpaired) electrons. The van der Waals surface area contributed by atoms with Gasteiger partial charge < -0.3 is 24.2 Å². The lowest BCUT2D eigenvalue weighted by Crippen LogP contribution is -2.32. The van der Waals surface area contributed by atoms with Crippen molar-refractivity contribution < 1.29 is 23.2 Å². The smallest absolute Gasteiger partial charge is 0.291 e. The van der Waals surface area contributed by atoms with Gasteiger partial charge in [-0.1, -0.05) is 23.7 Å². The zero-order chi connectivity index (χ0) is 26.4. The van der Waals surface area contributed by atoms with Gasteiger partial charge in [0.2, 0.25) is 5.91 Å². The first-order chi connectivity index (χ1) is 17.8. The van der Waals surface area contributed by atoms with E-state index >= 15 is 0 Å². The lowest BCUT2D eigenvalue weighted by atomic mass is 10.1. The third-order valence-corrected chi connectivity index (χ3v) is 5.78. The minimum absolute atomic E-state index is 0.0819. The standard InChI is InChI=1S/C27H22ClN3O5S/c1-16-5-6-17(14-20(16)28)22-11-8-19(36-22)9-12-25(32)31-27(37)29-18-7-10-21(24(15-18)34-2)30-26(33)23-4-3-13-35-23/h3-15H,1-2H3,(H,30,33)(H2,29,31,32,37)/b12-9+. The monoisotopic (exact) mass is 535 g/mol. The predicted octanol–water partition coefficient (Wildman–Crippen LogP) is 6.29. The van der Waals surface area contributed by atoms with Gasteiger partial charge in [-0.3, -0.25) is 14.9 Å². The number of aryl methyl sites for hydroxylation is 1. The van der Waals surface area contributed by atoms with Crippen LogP contribution in [-0.2, 0) is 4.79 Å². The maximum absolute atomic E-state index is 12.3. The molecule has 0 saturated heterocycles. The van der Waals surface area contributed by atoms with Crippen molar-refractivity contribution in [1.82, 2.24) is 5.32 Å². The van der Waals surface area contributed by atoms with Gasteiger partial charge in [-0.2, -0.15) is 0 Å². The van der Waals surface area contributed by atoms with Crippen molar-refractivity contribution in [1.29, 1.82) is 0 Å². The zero-order valence-electron chi connectivity index (χ0n) is 19.8. The third kappa shape index (κ3) is 6.66. The highest BCUT2D eigenvalue weighted by Gasteiger charge is 2.13. The number of amides is 2. The fraction of sp³-hybridized carbons (Fsp3) is 0.0741. The summed E-state index contributed by atoms with van der Waals surface area (Å²) in [6.45, 7) is 1.93. The minimum Gasteiger partial charge on any atom is -0.494 e. The van der Waals surface area contributed by atoms with E-state index in [-0.39, 0.29) is 10.9 Å². The number of thiocarbonyl (C=S) groups is 1. The first-order valence-corrected chi connectivity index (χ1v) is 11.8. The average Bonchev–Trinajstić information content (AvgIpc) is 3.58. The molecule has 37 heavy (non-hydrogen) atoms. The Hall–Kier alpha value is -4.34. The van der Waals surface area contributed by atoms with E-state index in [0.29, 0.717) is 33.7 Å². The number of anilines is 2. The minimum atomic E-state index is -0.442. The Bertz CT molecular complexity index is 1480. The van der Waals surface area contributed by atoms with Gasteiger partial charge in [-0.05, 0) is 73.2 Å². The van der Waals surface area contributed by atoms with Gasteiger partial charge in [0.15, 0.2) is 10.9 Å². The molecular formula is C27H22ClN3O5S. The Labute approximate surface area is 223 Å². The summed E-state index contributed by atoms with van der Waals surface area (Å²) in [5.41, 5.74) is 2.81. The van der Waals surface area contributed by atoms with Crippen LogP contribution in [0.3, 0.4) is 0 Å². The number of halogens is 1. The average molecular weight is 536 g/mol. The number of furan rings is 2. The molecule has 2 heterocycles. The highest BCUT2D eigenvalue weighted by molar-refractivity contribution is 7.80. The Morgan fingerprint density at radius 3 is 2.62 bits per heavy atom. The van der Waals surface area contributed by atoms with Crippen LogP contribution in [0.25, 0.3) is 17.4 Å². The molecule has 2 amide bonds. The van der Waals surface area contributed by atoms with Gasteiger partial charge in [0, 0.05) is 28.4 Å². The summed E-state index contributed by atoms with van der Waals surface area (Å²) in [4.78, 5) is 24.5. The van der Waals surface area contributed by atoms with Crippen LogP contribution in [0.15, 0.2) is 81.8 Å². The Morgan fingerprint density at radius 2 is 1.89 bits per heavy atom. The van der Waals surface area contributed by atoms with Gasteiger partial charge in [0.25, 0.3) is 5.91 Å². The molecule has 0 saturated carbocycles. The van der Waals surface area contributed by atoms with Gasteiger partial charge in [0.1, 0.15) is 17.3 Å². The number of nitrogens with one attached hydrogen (secondary N) is 3. The number of hydrogen-bond acceptors (Lipinski definition) is 6. The van der Waals surface area contributed by atoms with E-state index in [9.17, 15) is 9.59 Å². The molecule has 4 aromatic rings. The Kier molecular flexibility index (Phi) is 8.07. The number of benzene rings is 2. The van der Waals surface area contributed by atoms with Crippen molar-refractivity contribution in [2.45, 2.75) is 6.92 Å². The van der Waals surface area contributed by atoms with E-state index in [4.69, 9.17) is 37.4 Å². The second-order valence-electron chi connectivity index (χ2n) is 7.79. The molecule has 0 aliphatic carbocycles. The third-order valence-electron chi connectivity index (χ3n) is 5.17. The molecule has 0 unspecified atom stereocenters. The summed E-state index contributed by atoms with van der Waals surface area (Å²) in [6, 6.07) is 17.3. The molecule has 188 valence electrons. The molecule has 0 atom stereocenters. The topological polar surface area (TPSA) is 106 Å². The lowest BCUT2D eigenvalue weighted by molar-refractivity contribution is -0.115. The lowest BCUT2D eigenvalue weighted by Gasteiger charge is -2.13. The van der Waals surface area contributed by atoms with E-state index in [1.54, 1.807) is 42.5 Å². The van der Waals surface area contributed by atoms with Crippen LogP contribution in [0.2, 0.25) is 5.02 Å². The number of rotatable bonds is 7. The van der Waals surface area contributed by atoms with Crippen molar-refractivity contribution in [2.75, 3.05) is 17.7 Å². The van der Waals surface area contributed by atoms with Crippen LogP contribution in [0.1, 0.15) is 21.9 Å². The molecule has 3 N–H and O–H groups in total. The van der Waals surface area contributed by atoms with Crippen LogP contribution in [0.4, 0.5) is 11.4 Å². The molecule has 4 rings (SSSR count). The van der Waals surface area contributed by atoms with E-state index in [1.165, 1.54) is 25.5 Å². The zero-order valence-corrected chi connectivity index (χ0v) is 21.4. The van der Waals surface area contributed by atoms with E-state index in [0.717, 1.165) is 11.1 Å². The fourth-order valence-corrected chi connectivity index (χ4v) is 3.68. The van der Waals surface area contributed by atoms with Crippen molar-refractivity contribution in [2.24, 2.45) is 0 Å². The quantitative estimate of drug-likeness (QED) is 0.189. The molecule has 10 heteroatoms. The summed E-state index contributed by atoms with van der Waals surface area (Å²) < 4.78 is 16.2. The predicted molar refractivity (Wildman–Crippen MR) is 147 cm³/mol. The SMILES string of the molecule is COc1cc(NC(=S)NC(=O)/C=C/c2ccc(-c3ccc(C)c(Cl)c3)o2)ccc1NC(=O)c1ccco1. The van der Waals surface area contributed by atoms with E-state index < -0.39 is 11.8 Å². The molecule has 2 aromatic heterocycles. The number of methoxy groups -OCH3 is 1. The molecule has 0 bridgehead atoms. The van der Waals surface area contributed by atoms with Gasteiger partial charge in [-0.15, -0.1) is 0 Å². The number of hydrogen-bond donors (Lipinski definition) is 3. The molecule has 0 spiro atoms. The van der Waals surface area contributed by atoms with Crippen LogP contribution in [0, 0.1) is 6.92 Å². The molecule has 0 aliphatic rings. The van der Waals surface area contributed by atoms with Gasteiger partial charge in [0.05, 0.1) is 19.1 Å². The Morgan fingerprint density at radius 1 is 1.05 bits per heavy atom. The molecule has 0 fully saturated rings. The molecule has 0 aliphatic heterocycles. The summed E-state index contributed by atoms with van der Waals surface area (Å²) >= 11 is 11.4. The number of carbonyl (C=O) groups is 2. The second kappa shape index (κ2) is 11.6. The maximum Gasteiger partial charge on any atom is 0.291 e. The number of ether oxygens (including phenoxy) is 1. The van der Waals surface area contributed by atoms with Gasteiger partial charge >= 0.3 is 0 Å². The molecule has 2 aromatic carbocycles. The van der Waals surface area contributed by atoms with E-state index in [2.05, 4.69) is 16.0 Å². The van der Waals surface area contributed by atoms with E-state index in [1.807, 2.05) is 25.1 Å². The Balaban J connectivity index is 1.33. The van der Waals surface area contributed by atoms with Gasteiger partial charge in [-0.25, -0.2) is 0 Å². The maximum atomic E-state index is 12.3. The highest BCUT2D eigenvalue weighted by Crippen LogP contribution is 2.29. The fourth-order valence-electron chi connectivity index (χ4n) is 3.28. The van der Waals surface area contributed by atoms with Crippen LogP contribution >= 0.6 is 23.8 Å². The molecule has 8 nitrogen and oxygen atoms in total.